The van der Waals surface area contributed by atoms with Crippen molar-refractivity contribution >= 4 is 21.6 Å². The van der Waals surface area contributed by atoms with Gasteiger partial charge < -0.3 is 10.1 Å². The predicted octanol–water partition coefficient (Wildman–Crippen LogP) is 2.72. The van der Waals surface area contributed by atoms with E-state index in [2.05, 4.69) is 5.32 Å². The molecule has 1 fully saturated rings. The molecule has 1 heterocycles. The fourth-order valence-electron chi connectivity index (χ4n) is 2.91. The molecule has 0 unspecified atom stereocenters. The van der Waals surface area contributed by atoms with Crippen molar-refractivity contribution in [1.29, 1.82) is 0 Å². The van der Waals surface area contributed by atoms with Crippen molar-refractivity contribution in [3.8, 4) is 0 Å². The van der Waals surface area contributed by atoms with E-state index in [9.17, 15) is 17.6 Å². The molecule has 144 valence electrons. The van der Waals surface area contributed by atoms with Crippen molar-refractivity contribution in [1.82, 2.24) is 4.31 Å². The largest absolute Gasteiger partial charge is 0.379 e. The molecule has 1 aliphatic rings. The topological polar surface area (TPSA) is 75.7 Å². The van der Waals surface area contributed by atoms with Crippen LogP contribution in [0, 0.1) is 19.7 Å². The van der Waals surface area contributed by atoms with Crippen LogP contribution in [0.1, 0.15) is 21.5 Å². The molecule has 0 aromatic heterocycles. The molecule has 1 saturated heterocycles. The first-order chi connectivity index (χ1) is 12.8. The maximum atomic E-state index is 13.2. The highest BCUT2D eigenvalue weighted by Gasteiger charge is 2.28. The Balaban J connectivity index is 1.89. The third kappa shape index (κ3) is 4.18. The summed E-state index contributed by atoms with van der Waals surface area (Å²) < 4.78 is 45.7. The fourth-order valence-corrected chi connectivity index (χ4v) is 4.57. The monoisotopic (exact) mass is 392 g/mol. The summed E-state index contributed by atoms with van der Waals surface area (Å²) >= 11 is 0. The van der Waals surface area contributed by atoms with Gasteiger partial charge in [-0.2, -0.15) is 4.31 Å². The lowest BCUT2D eigenvalue weighted by Gasteiger charge is -2.26. The number of rotatable bonds is 4. The normalized spacial score (nSPS) is 15.5. The number of nitrogens with one attached hydrogen (secondary N) is 1. The molecule has 0 bridgehead atoms. The molecule has 2 aromatic rings. The Morgan fingerprint density at radius 1 is 1.07 bits per heavy atom. The number of hydrogen-bond donors (Lipinski definition) is 1. The minimum atomic E-state index is -3.71. The van der Waals surface area contributed by atoms with Crippen LogP contribution in [0.4, 0.5) is 10.1 Å². The summed E-state index contributed by atoms with van der Waals surface area (Å²) in [6, 6.07) is 8.61. The highest BCUT2D eigenvalue weighted by molar-refractivity contribution is 7.89. The maximum Gasteiger partial charge on any atom is 0.255 e. The Kier molecular flexibility index (Phi) is 5.59. The molecule has 0 atom stereocenters. The van der Waals surface area contributed by atoms with E-state index < -0.39 is 15.9 Å². The molecule has 1 N–H and O–H groups in total. The number of sulfonamides is 1. The summed E-state index contributed by atoms with van der Waals surface area (Å²) in [5.74, 6) is -0.845. The van der Waals surface area contributed by atoms with Crippen molar-refractivity contribution in [2.24, 2.45) is 0 Å². The van der Waals surface area contributed by atoms with Crippen molar-refractivity contribution in [2.45, 2.75) is 18.7 Å². The van der Waals surface area contributed by atoms with E-state index in [0.29, 0.717) is 30.0 Å². The molecule has 0 spiro atoms. The van der Waals surface area contributed by atoms with Crippen LogP contribution in [-0.2, 0) is 14.8 Å². The van der Waals surface area contributed by atoms with E-state index in [1.807, 2.05) is 0 Å². The first-order valence-corrected chi connectivity index (χ1v) is 9.99. The Bertz CT molecular complexity index is 970. The second kappa shape index (κ2) is 7.75. The molecule has 8 heteroatoms. The third-order valence-electron chi connectivity index (χ3n) is 4.47. The Hall–Kier alpha value is -2.29. The molecule has 0 aliphatic carbocycles. The van der Waals surface area contributed by atoms with Gasteiger partial charge in [-0.1, -0.05) is 6.07 Å². The van der Waals surface area contributed by atoms with E-state index in [1.54, 1.807) is 26.0 Å². The zero-order chi connectivity index (χ0) is 19.6. The van der Waals surface area contributed by atoms with Gasteiger partial charge in [-0.15, -0.1) is 0 Å². The van der Waals surface area contributed by atoms with Crippen molar-refractivity contribution in [3.63, 3.8) is 0 Å². The molecule has 6 nitrogen and oxygen atoms in total. The zero-order valence-corrected chi connectivity index (χ0v) is 16.0. The van der Waals surface area contributed by atoms with Gasteiger partial charge in [0, 0.05) is 24.3 Å². The fraction of sp³-hybridized carbons (Fsp3) is 0.316. The van der Waals surface area contributed by atoms with Gasteiger partial charge in [0.05, 0.1) is 18.1 Å². The summed E-state index contributed by atoms with van der Waals surface area (Å²) in [7, 11) is -3.71. The van der Waals surface area contributed by atoms with Gasteiger partial charge in [0.1, 0.15) is 5.82 Å². The number of halogens is 1. The molecule has 2 aromatic carbocycles. The predicted molar refractivity (Wildman–Crippen MR) is 99.8 cm³/mol. The Labute approximate surface area is 158 Å². The summed E-state index contributed by atoms with van der Waals surface area (Å²) in [6.07, 6.45) is 0. The smallest absolute Gasteiger partial charge is 0.255 e. The average Bonchev–Trinajstić information content (AvgIpc) is 2.65. The van der Waals surface area contributed by atoms with Crippen LogP contribution in [0.2, 0.25) is 0 Å². The number of morpholine rings is 1. The van der Waals surface area contributed by atoms with Crippen LogP contribution in [0.5, 0.6) is 0 Å². The molecule has 3 rings (SSSR count). The van der Waals surface area contributed by atoms with E-state index in [4.69, 9.17) is 4.74 Å². The van der Waals surface area contributed by atoms with E-state index >= 15 is 0 Å². The van der Waals surface area contributed by atoms with Crippen molar-refractivity contribution < 1.29 is 22.3 Å². The Morgan fingerprint density at radius 3 is 2.44 bits per heavy atom. The molecule has 0 radical (unpaired) electrons. The third-order valence-corrected chi connectivity index (χ3v) is 6.52. The van der Waals surface area contributed by atoms with Crippen LogP contribution >= 0.6 is 0 Å². The summed E-state index contributed by atoms with van der Waals surface area (Å²) in [6.45, 7) is 4.64. The molecule has 27 heavy (non-hydrogen) atoms. The molecule has 0 saturated carbocycles. The van der Waals surface area contributed by atoms with Gasteiger partial charge in [0.15, 0.2) is 0 Å². The highest BCUT2D eigenvalue weighted by atomic mass is 32.2. The average molecular weight is 392 g/mol. The molecule has 1 amide bonds. The lowest BCUT2D eigenvalue weighted by Crippen LogP contribution is -2.40. The minimum Gasteiger partial charge on any atom is -0.379 e. The van der Waals surface area contributed by atoms with Crippen LogP contribution in [-0.4, -0.2) is 44.9 Å². The first kappa shape index (κ1) is 19.5. The maximum absolute atomic E-state index is 13.2. The Morgan fingerprint density at radius 2 is 1.78 bits per heavy atom. The van der Waals surface area contributed by atoms with Gasteiger partial charge in [-0.05, 0) is 55.3 Å². The SMILES string of the molecule is Cc1cc(F)ccc1NC(=O)c1ccc(C)c(S(=O)(=O)N2CCOCC2)c1. The quantitative estimate of drug-likeness (QED) is 0.868. The van der Waals surface area contributed by atoms with Crippen LogP contribution in [0.15, 0.2) is 41.3 Å². The van der Waals surface area contributed by atoms with Gasteiger partial charge in [0.25, 0.3) is 5.91 Å². The number of hydrogen-bond acceptors (Lipinski definition) is 4. The number of anilines is 1. The second-order valence-electron chi connectivity index (χ2n) is 6.41. The molecular formula is C19H21FN2O4S. The van der Waals surface area contributed by atoms with Gasteiger partial charge >= 0.3 is 0 Å². The molecule has 1 aliphatic heterocycles. The van der Waals surface area contributed by atoms with E-state index in [-0.39, 0.29) is 29.4 Å². The number of ether oxygens (including phenoxy) is 1. The second-order valence-corrected chi connectivity index (χ2v) is 8.32. The van der Waals surface area contributed by atoms with E-state index in [0.717, 1.165) is 0 Å². The summed E-state index contributed by atoms with van der Waals surface area (Å²) in [4.78, 5) is 12.7. The van der Waals surface area contributed by atoms with E-state index in [1.165, 1.54) is 28.6 Å². The number of nitrogens with zero attached hydrogens (tertiary/aromatic N) is 1. The van der Waals surface area contributed by atoms with Gasteiger partial charge in [-0.25, -0.2) is 12.8 Å². The molecular weight excluding hydrogens is 371 g/mol. The summed E-state index contributed by atoms with van der Waals surface area (Å²) in [5, 5.41) is 2.70. The van der Waals surface area contributed by atoms with Crippen molar-refractivity contribution in [3.05, 3.63) is 58.9 Å². The lowest BCUT2D eigenvalue weighted by atomic mass is 10.1. The zero-order valence-electron chi connectivity index (χ0n) is 15.2. The number of benzene rings is 2. The number of aryl methyl sites for hydroxylation is 2. The summed E-state index contributed by atoms with van der Waals surface area (Å²) in [5.41, 5.74) is 1.84. The number of amides is 1. The van der Waals surface area contributed by atoms with Gasteiger partial charge in [-0.3, -0.25) is 4.79 Å². The van der Waals surface area contributed by atoms with Gasteiger partial charge in [0.2, 0.25) is 10.0 Å². The number of carbonyl (C=O) groups excluding carboxylic acids is 1. The van der Waals surface area contributed by atoms with Crippen LogP contribution < -0.4 is 5.32 Å². The standard InChI is InChI=1S/C19H21FN2O4S/c1-13-3-4-15(19(23)21-17-6-5-16(20)11-14(17)2)12-18(13)27(24,25)22-7-9-26-10-8-22/h3-6,11-12H,7-10H2,1-2H3,(H,21,23). The number of carbonyl (C=O) groups is 1. The first-order valence-electron chi connectivity index (χ1n) is 8.55. The lowest BCUT2D eigenvalue weighted by molar-refractivity contribution is 0.0730. The minimum absolute atomic E-state index is 0.105. The van der Waals surface area contributed by atoms with Crippen LogP contribution in [0.25, 0.3) is 0 Å². The highest BCUT2D eigenvalue weighted by Crippen LogP contribution is 2.23. The van der Waals surface area contributed by atoms with Crippen LogP contribution in [0.3, 0.4) is 0 Å². The van der Waals surface area contributed by atoms with Crippen molar-refractivity contribution in [2.75, 3.05) is 31.6 Å².